The van der Waals surface area contributed by atoms with Crippen molar-refractivity contribution in [1.29, 1.82) is 0 Å². The van der Waals surface area contributed by atoms with Crippen LogP contribution in [0.3, 0.4) is 0 Å². The molecule has 0 bridgehead atoms. The van der Waals surface area contributed by atoms with E-state index in [2.05, 4.69) is 31.3 Å². The van der Waals surface area contributed by atoms with Crippen LogP contribution >= 0.6 is 0 Å². The molecule has 0 radical (unpaired) electrons. The van der Waals surface area contributed by atoms with Gasteiger partial charge in [0.15, 0.2) is 0 Å². The van der Waals surface area contributed by atoms with E-state index in [9.17, 15) is 35.4 Å². The molecule has 9 heteroatoms. The second-order valence-corrected chi connectivity index (χ2v) is 19.2. The lowest BCUT2D eigenvalue weighted by atomic mass is 9.93. The monoisotopic (exact) mass is 894 g/mol. The number of amides is 1. The van der Waals surface area contributed by atoms with E-state index in [-0.39, 0.29) is 5.91 Å². The Kier molecular flexibility index (Phi) is 41.0. The standard InChI is InChI=1S/C54H103NO8/c1-3-5-7-9-11-13-15-17-18-19-20-21-22-23-24-25-26-27-28-29-30-32-34-36-38-40-42-50(58)55-46(43-44-48-52(60)54(62)53(61)49(45-56)63-48)51(59)47(57)41-39-37-35-33-31-16-14-12-10-8-6-4-2/h27-28,43-44,46-49,51-54,56-57,59-62H,3-26,29-42,45H2,1-2H3,(H,55,58)/b28-27?,44-43+/t46-,47-,48-,49?,51-,52?,53-,54+/m0/s1. The average Bonchev–Trinajstić information content (AvgIpc) is 3.28. The Morgan fingerprint density at radius 1 is 0.524 bits per heavy atom. The molecule has 1 amide bonds. The lowest BCUT2D eigenvalue weighted by Crippen LogP contribution is -2.58. The summed E-state index contributed by atoms with van der Waals surface area (Å²) in [6, 6.07) is -0.950. The first-order valence-corrected chi connectivity index (χ1v) is 27.1. The van der Waals surface area contributed by atoms with Gasteiger partial charge in [-0.3, -0.25) is 4.79 Å². The van der Waals surface area contributed by atoms with Crippen LogP contribution < -0.4 is 5.32 Å². The van der Waals surface area contributed by atoms with E-state index >= 15 is 0 Å². The SMILES string of the molecule is CCCCCCCCCCCCCCCCCCC=CCCCCCCCCC(=O)N[C@@H](/C=C/[C@@H]1OC(CO)[C@H](O)[C@H](O)C1O)[C@H](O)[C@@H](O)CCCCCCCCCCCCCC. The molecule has 0 aromatic carbocycles. The van der Waals surface area contributed by atoms with Crippen molar-refractivity contribution in [2.24, 2.45) is 0 Å². The van der Waals surface area contributed by atoms with Crippen LogP contribution in [0.15, 0.2) is 24.3 Å². The third-order valence-electron chi connectivity index (χ3n) is 13.3. The third-order valence-corrected chi connectivity index (χ3v) is 13.3. The number of aliphatic hydroxyl groups is 6. The van der Waals surface area contributed by atoms with Crippen molar-refractivity contribution in [3.8, 4) is 0 Å². The van der Waals surface area contributed by atoms with Crippen molar-refractivity contribution in [3.63, 3.8) is 0 Å². The van der Waals surface area contributed by atoms with Gasteiger partial charge in [0.05, 0.1) is 18.8 Å². The molecule has 7 N–H and O–H groups in total. The van der Waals surface area contributed by atoms with Gasteiger partial charge in [-0.05, 0) is 38.5 Å². The molecular weight excluding hydrogens is 791 g/mol. The van der Waals surface area contributed by atoms with Crippen LogP contribution in [0.25, 0.3) is 0 Å². The predicted octanol–water partition coefficient (Wildman–Crippen LogP) is 12.0. The summed E-state index contributed by atoms with van der Waals surface area (Å²) in [5, 5.41) is 65.6. The van der Waals surface area contributed by atoms with Crippen LogP contribution in [-0.2, 0) is 9.53 Å². The molecule has 1 aliphatic rings. The van der Waals surface area contributed by atoms with Gasteiger partial charge in [0.2, 0.25) is 5.91 Å². The topological polar surface area (TPSA) is 160 Å². The molecule has 1 rings (SSSR count). The number of hydrogen-bond acceptors (Lipinski definition) is 8. The predicted molar refractivity (Wildman–Crippen MR) is 263 cm³/mol. The molecule has 9 nitrogen and oxygen atoms in total. The van der Waals surface area contributed by atoms with Crippen LogP contribution in [0.1, 0.15) is 258 Å². The number of allylic oxidation sites excluding steroid dienone is 2. The Bertz CT molecular complexity index is 1050. The van der Waals surface area contributed by atoms with Gasteiger partial charge in [-0.25, -0.2) is 0 Å². The first-order chi connectivity index (χ1) is 30.8. The number of carbonyl (C=O) groups is 1. The van der Waals surface area contributed by atoms with Crippen molar-refractivity contribution in [2.75, 3.05) is 6.61 Å². The van der Waals surface area contributed by atoms with Gasteiger partial charge < -0.3 is 40.7 Å². The summed E-state index contributed by atoms with van der Waals surface area (Å²) in [7, 11) is 0. The van der Waals surface area contributed by atoms with Crippen molar-refractivity contribution < 1.29 is 40.2 Å². The zero-order chi connectivity index (χ0) is 46.0. The number of hydrogen-bond donors (Lipinski definition) is 7. The van der Waals surface area contributed by atoms with Gasteiger partial charge >= 0.3 is 0 Å². The van der Waals surface area contributed by atoms with Crippen LogP contribution in [0.5, 0.6) is 0 Å². The zero-order valence-electron chi connectivity index (χ0n) is 41.0. The fourth-order valence-corrected chi connectivity index (χ4v) is 8.93. The number of aliphatic hydroxyl groups excluding tert-OH is 6. The maximum absolute atomic E-state index is 13.1. The molecule has 1 fully saturated rings. The van der Waals surface area contributed by atoms with Gasteiger partial charge in [-0.1, -0.05) is 237 Å². The first kappa shape index (κ1) is 59.7. The number of carbonyl (C=O) groups excluding carboxylic acids is 1. The molecule has 1 aliphatic heterocycles. The maximum Gasteiger partial charge on any atom is 0.220 e. The highest BCUT2D eigenvalue weighted by molar-refractivity contribution is 5.76. The molecule has 2 unspecified atom stereocenters. The summed E-state index contributed by atoms with van der Waals surface area (Å²) in [4.78, 5) is 13.1. The van der Waals surface area contributed by atoms with Gasteiger partial charge in [-0.15, -0.1) is 0 Å². The van der Waals surface area contributed by atoms with E-state index in [1.807, 2.05) is 0 Å². The summed E-state index contributed by atoms with van der Waals surface area (Å²) in [5.74, 6) is -0.232. The van der Waals surface area contributed by atoms with Gasteiger partial charge in [0, 0.05) is 6.42 Å². The number of unbranched alkanes of at least 4 members (excludes halogenated alkanes) is 33. The molecule has 0 aromatic heterocycles. The Hall–Kier alpha value is -1.33. The smallest absolute Gasteiger partial charge is 0.220 e. The molecule has 0 spiro atoms. The molecule has 0 aromatic rings. The molecule has 372 valence electrons. The lowest BCUT2D eigenvalue weighted by Gasteiger charge is -2.39. The van der Waals surface area contributed by atoms with E-state index in [1.54, 1.807) is 0 Å². The second-order valence-electron chi connectivity index (χ2n) is 19.2. The van der Waals surface area contributed by atoms with E-state index in [4.69, 9.17) is 4.74 Å². The Balaban J connectivity index is 2.27. The first-order valence-electron chi connectivity index (χ1n) is 27.1. The maximum atomic E-state index is 13.1. The summed E-state index contributed by atoms with van der Waals surface area (Å²) in [5.41, 5.74) is 0. The van der Waals surface area contributed by atoms with E-state index in [0.29, 0.717) is 12.8 Å². The van der Waals surface area contributed by atoms with Gasteiger partial charge in [0.25, 0.3) is 0 Å². The van der Waals surface area contributed by atoms with Crippen molar-refractivity contribution in [3.05, 3.63) is 24.3 Å². The van der Waals surface area contributed by atoms with Gasteiger partial charge in [-0.2, -0.15) is 0 Å². The van der Waals surface area contributed by atoms with E-state index in [0.717, 1.165) is 51.4 Å². The fourth-order valence-electron chi connectivity index (χ4n) is 8.93. The zero-order valence-corrected chi connectivity index (χ0v) is 41.0. The summed E-state index contributed by atoms with van der Waals surface area (Å²) >= 11 is 0. The second kappa shape index (κ2) is 43.3. The summed E-state index contributed by atoms with van der Waals surface area (Å²) in [6.07, 6.45) is 44.8. The number of ether oxygens (including phenoxy) is 1. The number of rotatable bonds is 45. The van der Waals surface area contributed by atoms with Crippen LogP contribution in [0.4, 0.5) is 0 Å². The molecule has 0 saturated carbocycles. The van der Waals surface area contributed by atoms with Crippen molar-refractivity contribution in [1.82, 2.24) is 5.32 Å². The molecule has 0 aliphatic carbocycles. The summed E-state index contributed by atoms with van der Waals surface area (Å²) in [6.45, 7) is 3.98. The van der Waals surface area contributed by atoms with Crippen LogP contribution in [0, 0.1) is 0 Å². The Labute approximate surface area is 387 Å². The minimum Gasteiger partial charge on any atom is -0.394 e. The highest BCUT2D eigenvalue weighted by Crippen LogP contribution is 2.23. The average molecular weight is 894 g/mol. The molecule has 1 saturated heterocycles. The minimum absolute atomic E-state index is 0.232. The molecule has 8 atom stereocenters. The van der Waals surface area contributed by atoms with E-state index in [1.165, 1.54) is 192 Å². The minimum atomic E-state index is -1.53. The highest BCUT2D eigenvalue weighted by atomic mass is 16.5. The largest absolute Gasteiger partial charge is 0.394 e. The normalized spacial score (nSPS) is 20.8. The van der Waals surface area contributed by atoms with E-state index < -0.39 is 55.4 Å². The van der Waals surface area contributed by atoms with Crippen molar-refractivity contribution >= 4 is 5.91 Å². The molecule has 1 heterocycles. The number of nitrogens with one attached hydrogen (secondary N) is 1. The quantitative estimate of drug-likeness (QED) is 0.0235. The van der Waals surface area contributed by atoms with Gasteiger partial charge in [0.1, 0.15) is 36.6 Å². The van der Waals surface area contributed by atoms with Crippen LogP contribution in [0.2, 0.25) is 0 Å². The third kappa shape index (κ3) is 32.9. The summed E-state index contributed by atoms with van der Waals surface area (Å²) < 4.78 is 5.60. The van der Waals surface area contributed by atoms with Crippen LogP contribution in [-0.4, -0.2) is 91.9 Å². The molecular formula is C54H103NO8. The lowest BCUT2D eigenvalue weighted by molar-refractivity contribution is -0.216. The fraction of sp³-hybridized carbons (Fsp3) is 0.907. The van der Waals surface area contributed by atoms with Crippen molar-refractivity contribution in [2.45, 2.75) is 307 Å². The Morgan fingerprint density at radius 2 is 0.905 bits per heavy atom. The highest BCUT2D eigenvalue weighted by Gasteiger charge is 2.42. The molecule has 63 heavy (non-hydrogen) atoms. The Morgan fingerprint density at radius 3 is 1.32 bits per heavy atom.